The Kier molecular flexibility index (Phi) is 5.55. The molecule has 6 nitrogen and oxygen atoms in total. The maximum absolute atomic E-state index is 13.2. The van der Waals surface area contributed by atoms with Crippen molar-refractivity contribution in [2.24, 2.45) is 23.2 Å². The van der Waals surface area contributed by atoms with Gasteiger partial charge in [0.05, 0.1) is 12.3 Å². The molecular formula is C25H36N4O2. The standard InChI is InChI=1S/C25H36N4O2/c1-17(2)28(6-7-30)14-21-15-29-22(4-3-5-23(29)27-21)24(31)26-16-25-11-18-8-19(12-25)10-20(9-18)13-25/h3-5,15,17-20,30H,6-14,16H2,1-2H3,(H,26,31). The number of hydrogen-bond acceptors (Lipinski definition) is 4. The fourth-order valence-electron chi connectivity index (χ4n) is 7.04. The van der Waals surface area contributed by atoms with Gasteiger partial charge in [0.2, 0.25) is 0 Å². The maximum Gasteiger partial charge on any atom is 0.268 e. The summed E-state index contributed by atoms with van der Waals surface area (Å²) < 4.78 is 1.92. The van der Waals surface area contributed by atoms with Crippen LogP contribution in [0, 0.1) is 23.2 Å². The van der Waals surface area contributed by atoms with Crippen molar-refractivity contribution in [3.8, 4) is 0 Å². The van der Waals surface area contributed by atoms with E-state index in [1.807, 2.05) is 28.8 Å². The monoisotopic (exact) mass is 424 g/mol. The van der Waals surface area contributed by atoms with E-state index in [9.17, 15) is 9.90 Å². The highest BCUT2D eigenvalue weighted by molar-refractivity contribution is 5.93. The fraction of sp³-hybridized carbons (Fsp3) is 0.680. The van der Waals surface area contributed by atoms with Crippen molar-refractivity contribution in [1.82, 2.24) is 19.6 Å². The number of pyridine rings is 1. The molecule has 4 fully saturated rings. The maximum atomic E-state index is 13.2. The number of hydrogen-bond donors (Lipinski definition) is 2. The zero-order chi connectivity index (χ0) is 21.6. The van der Waals surface area contributed by atoms with Gasteiger partial charge < -0.3 is 10.4 Å². The number of carbonyl (C=O) groups is 1. The number of aliphatic hydroxyl groups is 1. The predicted octanol–water partition coefficient (Wildman–Crippen LogP) is 3.48. The van der Waals surface area contributed by atoms with Crippen molar-refractivity contribution in [2.45, 2.75) is 65.0 Å². The van der Waals surface area contributed by atoms with Crippen LogP contribution in [0.15, 0.2) is 24.4 Å². The topological polar surface area (TPSA) is 69.9 Å². The molecule has 31 heavy (non-hydrogen) atoms. The van der Waals surface area contributed by atoms with Crippen molar-refractivity contribution in [3.63, 3.8) is 0 Å². The molecule has 2 heterocycles. The van der Waals surface area contributed by atoms with E-state index in [0.717, 1.165) is 35.6 Å². The highest BCUT2D eigenvalue weighted by Crippen LogP contribution is 2.59. The summed E-state index contributed by atoms with van der Waals surface area (Å²) in [5.74, 6) is 2.68. The summed E-state index contributed by atoms with van der Waals surface area (Å²) in [4.78, 5) is 20.1. The molecule has 4 bridgehead atoms. The molecule has 2 aromatic rings. The number of fused-ring (bicyclic) bond motifs is 1. The van der Waals surface area contributed by atoms with Gasteiger partial charge in [-0.25, -0.2) is 4.98 Å². The Morgan fingerprint density at radius 2 is 1.90 bits per heavy atom. The molecular weight excluding hydrogens is 388 g/mol. The largest absolute Gasteiger partial charge is 0.395 e. The average molecular weight is 425 g/mol. The van der Waals surface area contributed by atoms with Gasteiger partial charge in [0.15, 0.2) is 0 Å². The molecule has 0 aliphatic heterocycles. The minimum atomic E-state index is 0.00127. The second-order valence-electron chi connectivity index (χ2n) is 10.8. The van der Waals surface area contributed by atoms with Gasteiger partial charge in [-0.05, 0) is 87.7 Å². The molecule has 6 heteroatoms. The molecule has 6 rings (SSSR count). The Morgan fingerprint density at radius 1 is 1.23 bits per heavy atom. The number of amides is 1. The lowest BCUT2D eigenvalue weighted by Gasteiger charge is -2.56. The summed E-state index contributed by atoms with van der Waals surface area (Å²) in [6.45, 7) is 6.45. The van der Waals surface area contributed by atoms with E-state index >= 15 is 0 Å². The lowest BCUT2D eigenvalue weighted by Crippen LogP contribution is -2.51. The summed E-state index contributed by atoms with van der Waals surface area (Å²) in [7, 11) is 0. The Bertz CT molecular complexity index is 915. The molecule has 4 aliphatic rings. The molecule has 0 spiro atoms. The van der Waals surface area contributed by atoms with Gasteiger partial charge in [-0.15, -0.1) is 0 Å². The van der Waals surface area contributed by atoms with Gasteiger partial charge in [-0.1, -0.05) is 6.07 Å². The molecule has 1 amide bonds. The normalized spacial score (nSPS) is 29.4. The van der Waals surface area contributed by atoms with E-state index in [2.05, 4.69) is 24.1 Å². The first-order chi connectivity index (χ1) is 14.9. The average Bonchev–Trinajstić information content (AvgIpc) is 3.13. The van der Waals surface area contributed by atoms with Crippen LogP contribution >= 0.6 is 0 Å². The molecule has 4 saturated carbocycles. The summed E-state index contributed by atoms with van der Waals surface area (Å²) in [5, 5.41) is 12.7. The SMILES string of the molecule is CC(C)N(CCO)Cc1cn2c(C(=O)NCC34CC5CC(CC(C5)C3)C4)cccc2n1. The van der Waals surface area contributed by atoms with E-state index in [-0.39, 0.29) is 12.5 Å². The smallest absolute Gasteiger partial charge is 0.268 e. The molecule has 0 unspecified atom stereocenters. The van der Waals surface area contributed by atoms with E-state index < -0.39 is 0 Å². The summed E-state index contributed by atoms with van der Waals surface area (Å²) >= 11 is 0. The number of imidazole rings is 1. The van der Waals surface area contributed by atoms with Gasteiger partial charge in [-0.2, -0.15) is 0 Å². The van der Waals surface area contributed by atoms with Gasteiger partial charge in [0.1, 0.15) is 11.3 Å². The van der Waals surface area contributed by atoms with E-state index in [1.54, 1.807) is 0 Å². The quantitative estimate of drug-likeness (QED) is 0.681. The lowest BCUT2D eigenvalue weighted by molar-refractivity contribution is -0.0503. The van der Waals surface area contributed by atoms with Gasteiger partial charge >= 0.3 is 0 Å². The minimum Gasteiger partial charge on any atom is -0.395 e. The second-order valence-corrected chi connectivity index (χ2v) is 10.8. The number of carbonyl (C=O) groups excluding carboxylic acids is 1. The number of nitrogens with one attached hydrogen (secondary N) is 1. The van der Waals surface area contributed by atoms with E-state index in [1.165, 1.54) is 38.5 Å². The van der Waals surface area contributed by atoms with Gasteiger partial charge in [-0.3, -0.25) is 14.1 Å². The Balaban J connectivity index is 1.30. The zero-order valence-electron chi connectivity index (χ0n) is 18.9. The van der Waals surface area contributed by atoms with E-state index in [0.29, 0.717) is 30.2 Å². The van der Waals surface area contributed by atoms with E-state index in [4.69, 9.17) is 4.98 Å². The third kappa shape index (κ3) is 4.12. The first-order valence-corrected chi connectivity index (χ1v) is 12.0. The van der Waals surface area contributed by atoms with Crippen LogP contribution in [0.3, 0.4) is 0 Å². The van der Waals surface area contributed by atoms with Crippen molar-refractivity contribution >= 4 is 11.6 Å². The molecule has 4 aliphatic carbocycles. The minimum absolute atomic E-state index is 0.00127. The highest BCUT2D eigenvalue weighted by Gasteiger charge is 2.50. The van der Waals surface area contributed by atoms with Crippen molar-refractivity contribution in [1.29, 1.82) is 0 Å². The van der Waals surface area contributed by atoms with Crippen LogP contribution in [-0.2, 0) is 6.54 Å². The first-order valence-electron chi connectivity index (χ1n) is 12.0. The first kappa shape index (κ1) is 21.0. The van der Waals surface area contributed by atoms with Gasteiger partial charge in [0, 0.05) is 31.9 Å². The molecule has 168 valence electrons. The second kappa shape index (κ2) is 8.21. The third-order valence-electron chi connectivity index (χ3n) is 8.05. The Labute approximate surface area is 185 Å². The summed E-state index contributed by atoms with van der Waals surface area (Å²) in [6.07, 6.45) is 10.1. The van der Waals surface area contributed by atoms with Crippen LogP contribution in [-0.4, -0.2) is 51.0 Å². The third-order valence-corrected chi connectivity index (χ3v) is 8.05. The summed E-state index contributed by atoms with van der Waals surface area (Å²) in [5.41, 5.74) is 2.70. The van der Waals surface area contributed by atoms with Gasteiger partial charge in [0.25, 0.3) is 5.91 Å². The number of aliphatic hydroxyl groups excluding tert-OH is 1. The number of aromatic nitrogens is 2. The van der Waals surface area contributed by atoms with Crippen LogP contribution in [0.5, 0.6) is 0 Å². The van der Waals surface area contributed by atoms with Crippen LogP contribution < -0.4 is 5.32 Å². The van der Waals surface area contributed by atoms with Crippen LogP contribution in [0.1, 0.15) is 68.6 Å². The number of nitrogens with zero attached hydrogens (tertiary/aromatic N) is 3. The van der Waals surface area contributed by atoms with Crippen molar-refractivity contribution in [2.75, 3.05) is 19.7 Å². The van der Waals surface area contributed by atoms with Crippen LogP contribution in [0.25, 0.3) is 5.65 Å². The lowest BCUT2D eigenvalue weighted by atomic mass is 9.49. The van der Waals surface area contributed by atoms with Crippen molar-refractivity contribution in [3.05, 3.63) is 35.8 Å². The van der Waals surface area contributed by atoms with Crippen LogP contribution in [0.4, 0.5) is 0 Å². The number of rotatable bonds is 8. The highest BCUT2D eigenvalue weighted by atomic mass is 16.3. The summed E-state index contributed by atoms with van der Waals surface area (Å²) in [6, 6.07) is 6.08. The zero-order valence-corrected chi connectivity index (χ0v) is 18.9. The molecule has 0 atom stereocenters. The molecule has 2 aromatic heterocycles. The molecule has 2 N–H and O–H groups in total. The predicted molar refractivity (Wildman–Crippen MR) is 121 cm³/mol. The van der Waals surface area contributed by atoms with Crippen LogP contribution in [0.2, 0.25) is 0 Å². The fourth-order valence-corrected chi connectivity index (χ4v) is 7.04. The Hall–Kier alpha value is -1.92. The molecule has 0 saturated heterocycles. The van der Waals surface area contributed by atoms with Crippen molar-refractivity contribution < 1.29 is 9.90 Å². The Morgan fingerprint density at radius 3 is 2.52 bits per heavy atom. The molecule has 0 radical (unpaired) electrons. The molecule has 0 aromatic carbocycles.